The molecule has 0 aliphatic heterocycles. The maximum atomic E-state index is 11.6. The number of aliphatic hydroxyl groups is 1. The van der Waals surface area contributed by atoms with Gasteiger partial charge in [0, 0.05) is 6.08 Å². The second-order valence-electron chi connectivity index (χ2n) is 4.49. The lowest BCUT2D eigenvalue weighted by Gasteiger charge is -2.11. The van der Waals surface area contributed by atoms with Gasteiger partial charge in [0.25, 0.3) is 0 Å². The largest absolute Gasteiger partial charge is 0.394 e. The third kappa shape index (κ3) is 4.34. The van der Waals surface area contributed by atoms with Crippen molar-refractivity contribution in [2.24, 2.45) is 0 Å². The Bertz CT molecular complexity index is 434. The second-order valence-corrected chi connectivity index (χ2v) is 4.49. The van der Waals surface area contributed by atoms with Crippen LogP contribution in [-0.4, -0.2) is 23.7 Å². The third-order valence-corrected chi connectivity index (χ3v) is 2.90. The van der Waals surface area contributed by atoms with Gasteiger partial charge in [-0.05, 0) is 37.5 Å². The second kappa shape index (κ2) is 6.97. The van der Waals surface area contributed by atoms with E-state index in [0.717, 1.165) is 17.5 Å². The first-order valence-electron chi connectivity index (χ1n) is 6.23. The Labute approximate surface area is 109 Å². The van der Waals surface area contributed by atoms with E-state index in [-0.39, 0.29) is 18.6 Å². The van der Waals surface area contributed by atoms with Crippen LogP contribution in [-0.2, 0) is 4.79 Å². The Morgan fingerprint density at radius 3 is 2.72 bits per heavy atom. The van der Waals surface area contributed by atoms with Crippen molar-refractivity contribution < 1.29 is 9.90 Å². The molecule has 0 unspecified atom stereocenters. The lowest BCUT2D eigenvalue weighted by Crippen LogP contribution is -2.35. The standard InChI is InChI=1S/C15H21NO2/c1-4-14(10-17)16-15(18)8-7-13-6-5-11(2)9-12(13)3/h5-9,14,17H,4,10H2,1-3H3,(H,16,18)/b8-7+/t14-/m0/s1. The summed E-state index contributed by atoms with van der Waals surface area (Å²) in [6.45, 7) is 5.96. The first-order valence-corrected chi connectivity index (χ1v) is 6.23. The fourth-order valence-electron chi connectivity index (χ4n) is 1.70. The van der Waals surface area contributed by atoms with Crippen LogP contribution in [0.15, 0.2) is 24.3 Å². The fourth-order valence-corrected chi connectivity index (χ4v) is 1.70. The van der Waals surface area contributed by atoms with Gasteiger partial charge in [0.1, 0.15) is 0 Å². The fraction of sp³-hybridized carbons (Fsp3) is 0.400. The Balaban J connectivity index is 2.66. The average molecular weight is 247 g/mol. The number of hydrogen-bond acceptors (Lipinski definition) is 2. The molecule has 0 aromatic heterocycles. The zero-order valence-corrected chi connectivity index (χ0v) is 11.2. The van der Waals surface area contributed by atoms with Gasteiger partial charge in [0.05, 0.1) is 12.6 Å². The van der Waals surface area contributed by atoms with Gasteiger partial charge in [-0.15, -0.1) is 0 Å². The van der Waals surface area contributed by atoms with E-state index in [9.17, 15) is 4.79 Å². The molecule has 1 aromatic rings. The van der Waals surface area contributed by atoms with Crippen LogP contribution in [0.25, 0.3) is 6.08 Å². The van der Waals surface area contributed by atoms with E-state index >= 15 is 0 Å². The zero-order chi connectivity index (χ0) is 13.5. The molecule has 2 N–H and O–H groups in total. The molecule has 0 radical (unpaired) electrons. The van der Waals surface area contributed by atoms with Gasteiger partial charge in [-0.2, -0.15) is 0 Å². The van der Waals surface area contributed by atoms with Crippen molar-refractivity contribution in [2.75, 3.05) is 6.61 Å². The zero-order valence-electron chi connectivity index (χ0n) is 11.2. The lowest BCUT2D eigenvalue weighted by atomic mass is 10.1. The van der Waals surface area contributed by atoms with E-state index in [0.29, 0.717) is 0 Å². The number of aryl methyl sites for hydroxylation is 2. The summed E-state index contributed by atoms with van der Waals surface area (Å²) >= 11 is 0. The van der Waals surface area contributed by atoms with Crippen molar-refractivity contribution >= 4 is 12.0 Å². The van der Waals surface area contributed by atoms with Gasteiger partial charge in [-0.1, -0.05) is 30.7 Å². The molecular formula is C15H21NO2. The van der Waals surface area contributed by atoms with Crippen molar-refractivity contribution in [1.82, 2.24) is 5.32 Å². The number of amides is 1. The van der Waals surface area contributed by atoms with Crippen LogP contribution in [0.5, 0.6) is 0 Å². The van der Waals surface area contributed by atoms with E-state index in [1.165, 1.54) is 11.6 Å². The van der Waals surface area contributed by atoms with Crippen LogP contribution in [0.1, 0.15) is 30.0 Å². The van der Waals surface area contributed by atoms with Crippen molar-refractivity contribution in [1.29, 1.82) is 0 Å². The molecular weight excluding hydrogens is 226 g/mol. The molecule has 1 amide bonds. The lowest BCUT2D eigenvalue weighted by molar-refractivity contribution is -0.117. The third-order valence-electron chi connectivity index (χ3n) is 2.90. The maximum Gasteiger partial charge on any atom is 0.244 e. The molecule has 1 aromatic carbocycles. The predicted molar refractivity (Wildman–Crippen MR) is 74.3 cm³/mol. The monoisotopic (exact) mass is 247 g/mol. The highest BCUT2D eigenvalue weighted by molar-refractivity contribution is 5.92. The van der Waals surface area contributed by atoms with Gasteiger partial charge in [0.2, 0.25) is 5.91 Å². The van der Waals surface area contributed by atoms with E-state index in [1.807, 2.05) is 32.9 Å². The predicted octanol–water partition coefficient (Wildman–Crippen LogP) is 2.20. The van der Waals surface area contributed by atoms with E-state index in [1.54, 1.807) is 6.08 Å². The minimum atomic E-state index is -0.170. The topological polar surface area (TPSA) is 49.3 Å². The van der Waals surface area contributed by atoms with E-state index in [4.69, 9.17) is 5.11 Å². The Kier molecular flexibility index (Phi) is 5.59. The summed E-state index contributed by atoms with van der Waals surface area (Å²) in [5, 5.41) is 11.7. The van der Waals surface area contributed by atoms with Crippen molar-refractivity contribution in [3.05, 3.63) is 41.0 Å². The van der Waals surface area contributed by atoms with Crippen molar-refractivity contribution in [3.63, 3.8) is 0 Å². The number of carbonyl (C=O) groups is 1. The van der Waals surface area contributed by atoms with Gasteiger partial charge in [-0.3, -0.25) is 4.79 Å². The van der Waals surface area contributed by atoms with Crippen molar-refractivity contribution in [3.8, 4) is 0 Å². The molecule has 0 aliphatic rings. The summed E-state index contributed by atoms with van der Waals surface area (Å²) < 4.78 is 0. The molecule has 18 heavy (non-hydrogen) atoms. The number of aliphatic hydroxyl groups excluding tert-OH is 1. The minimum absolute atomic E-state index is 0.0281. The minimum Gasteiger partial charge on any atom is -0.394 e. The first-order chi connectivity index (χ1) is 8.56. The smallest absolute Gasteiger partial charge is 0.244 e. The summed E-state index contributed by atoms with van der Waals surface area (Å²) in [4.78, 5) is 11.6. The molecule has 0 aliphatic carbocycles. The van der Waals surface area contributed by atoms with Gasteiger partial charge in [-0.25, -0.2) is 0 Å². The van der Waals surface area contributed by atoms with Crippen LogP contribution in [0.2, 0.25) is 0 Å². The summed E-state index contributed by atoms with van der Waals surface area (Å²) in [5.41, 5.74) is 3.39. The molecule has 0 bridgehead atoms. The molecule has 1 atom stereocenters. The number of carbonyl (C=O) groups excluding carboxylic acids is 1. The number of nitrogens with one attached hydrogen (secondary N) is 1. The molecule has 3 nitrogen and oxygen atoms in total. The first kappa shape index (κ1) is 14.5. The van der Waals surface area contributed by atoms with Crippen LogP contribution in [0, 0.1) is 13.8 Å². The maximum absolute atomic E-state index is 11.6. The van der Waals surface area contributed by atoms with Gasteiger partial charge in [0.15, 0.2) is 0 Å². The molecule has 0 saturated heterocycles. The van der Waals surface area contributed by atoms with E-state index < -0.39 is 0 Å². The van der Waals surface area contributed by atoms with Crippen molar-refractivity contribution in [2.45, 2.75) is 33.2 Å². The highest BCUT2D eigenvalue weighted by atomic mass is 16.3. The van der Waals surface area contributed by atoms with E-state index in [2.05, 4.69) is 11.4 Å². The normalized spacial score (nSPS) is 12.7. The highest BCUT2D eigenvalue weighted by Crippen LogP contribution is 2.11. The van der Waals surface area contributed by atoms with Crippen LogP contribution in [0.4, 0.5) is 0 Å². The molecule has 0 spiro atoms. The van der Waals surface area contributed by atoms with Crippen LogP contribution >= 0.6 is 0 Å². The Morgan fingerprint density at radius 1 is 1.44 bits per heavy atom. The molecule has 0 saturated carbocycles. The molecule has 1 rings (SSSR count). The molecule has 98 valence electrons. The molecule has 0 fully saturated rings. The number of rotatable bonds is 5. The highest BCUT2D eigenvalue weighted by Gasteiger charge is 2.06. The van der Waals surface area contributed by atoms with Crippen LogP contribution < -0.4 is 5.32 Å². The SMILES string of the molecule is CC[C@@H](CO)NC(=O)/C=C/c1ccc(C)cc1C. The average Bonchev–Trinajstić information content (AvgIpc) is 2.35. The summed E-state index contributed by atoms with van der Waals surface area (Å²) in [6.07, 6.45) is 4.03. The molecule has 3 heteroatoms. The van der Waals surface area contributed by atoms with Gasteiger partial charge < -0.3 is 10.4 Å². The number of hydrogen-bond donors (Lipinski definition) is 2. The van der Waals surface area contributed by atoms with Crippen LogP contribution in [0.3, 0.4) is 0 Å². The Hall–Kier alpha value is -1.61. The van der Waals surface area contributed by atoms with Gasteiger partial charge >= 0.3 is 0 Å². The Morgan fingerprint density at radius 2 is 2.17 bits per heavy atom. The summed E-state index contributed by atoms with van der Waals surface area (Å²) in [7, 11) is 0. The summed E-state index contributed by atoms with van der Waals surface area (Å²) in [6, 6.07) is 5.94. The summed E-state index contributed by atoms with van der Waals surface area (Å²) in [5.74, 6) is -0.170. The number of benzene rings is 1. The quantitative estimate of drug-likeness (QED) is 0.784. The molecule has 0 heterocycles.